The molecule has 0 saturated carbocycles. The van der Waals surface area contributed by atoms with Crippen molar-refractivity contribution in [2.24, 2.45) is 0 Å². The smallest absolute Gasteiger partial charge is 0.237 e. The highest BCUT2D eigenvalue weighted by atomic mass is 35.5. The Labute approximate surface area is 115 Å². The molecule has 0 unspecified atom stereocenters. The van der Waals surface area contributed by atoms with Crippen LogP contribution in [0.2, 0.25) is 0 Å². The molecule has 0 aromatic carbocycles. The molecular formula is C10H22Cl2FN3O. The maximum Gasteiger partial charge on any atom is 0.237 e. The summed E-state index contributed by atoms with van der Waals surface area (Å²) in [7, 11) is 2.00. The Morgan fingerprint density at radius 2 is 2.18 bits per heavy atom. The number of hydrogen-bond donors (Lipinski definition) is 2. The van der Waals surface area contributed by atoms with Crippen LogP contribution in [0.15, 0.2) is 0 Å². The van der Waals surface area contributed by atoms with E-state index < -0.39 is 6.17 Å². The third-order valence-electron chi connectivity index (χ3n) is 2.73. The summed E-state index contributed by atoms with van der Waals surface area (Å²) in [5, 5.41) is 5.66. The van der Waals surface area contributed by atoms with Crippen LogP contribution in [0.5, 0.6) is 0 Å². The Bertz CT molecular complexity index is 222. The van der Waals surface area contributed by atoms with Crippen molar-refractivity contribution in [1.82, 2.24) is 15.5 Å². The van der Waals surface area contributed by atoms with Gasteiger partial charge in [-0.15, -0.1) is 24.8 Å². The van der Waals surface area contributed by atoms with Crippen LogP contribution < -0.4 is 10.6 Å². The van der Waals surface area contributed by atoms with E-state index in [0.717, 1.165) is 13.1 Å². The first-order chi connectivity index (χ1) is 7.13. The van der Waals surface area contributed by atoms with Crippen LogP contribution >= 0.6 is 24.8 Å². The van der Waals surface area contributed by atoms with Crippen molar-refractivity contribution >= 4 is 30.7 Å². The summed E-state index contributed by atoms with van der Waals surface area (Å²) in [6.07, 6.45) is -0.575. The van der Waals surface area contributed by atoms with Gasteiger partial charge >= 0.3 is 0 Å². The number of halogens is 3. The van der Waals surface area contributed by atoms with E-state index in [1.165, 1.54) is 0 Å². The van der Waals surface area contributed by atoms with Crippen LogP contribution in [0.25, 0.3) is 0 Å². The minimum absolute atomic E-state index is 0. The number of likely N-dealkylation sites (N-methyl/N-ethyl adjacent to an activating group) is 1. The first-order valence-electron chi connectivity index (χ1n) is 5.47. The number of rotatable bonds is 5. The molecule has 1 fully saturated rings. The lowest BCUT2D eigenvalue weighted by Gasteiger charge is -2.15. The van der Waals surface area contributed by atoms with Gasteiger partial charge in [0.1, 0.15) is 6.17 Å². The fraction of sp³-hybridized carbons (Fsp3) is 0.900. The fourth-order valence-electron chi connectivity index (χ4n) is 1.54. The minimum atomic E-state index is -0.876. The van der Waals surface area contributed by atoms with Gasteiger partial charge in [-0.25, -0.2) is 4.39 Å². The lowest BCUT2D eigenvalue weighted by Crippen LogP contribution is -2.42. The molecule has 2 atom stereocenters. The topological polar surface area (TPSA) is 44.4 Å². The van der Waals surface area contributed by atoms with Crippen molar-refractivity contribution in [3.63, 3.8) is 0 Å². The lowest BCUT2D eigenvalue weighted by molar-refractivity contribution is -0.122. The lowest BCUT2D eigenvalue weighted by atomic mass is 10.2. The maximum absolute atomic E-state index is 12.8. The Morgan fingerprint density at radius 1 is 1.53 bits per heavy atom. The second kappa shape index (κ2) is 9.88. The summed E-state index contributed by atoms with van der Waals surface area (Å²) in [4.78, 5) is 13.6. The highest BCUT2D eigenvalue weighted by molar-refractivity contribution is 5.85. The van der Waals surface area contributed by atoms with Gasteiger partial charge in [-0.2, -0.15) is 0 Å². The van der Waals surface area contributed by atoms with Crippen LogP contribution in [0, 0.1) is 0 Å². The predicted octanol–water partition coefficient (Wildman–Crippen LogP) is 0.598. The van der Waals surface area contributed by atoms with Gasteiger partial charge in [-0.05, 0) is 13.6 Å². The number of carbonyl (C=O) groups excluding carboxylic acids is 1. The average molecular weight is 290 g/mol. The van der Waals surface area contributed by atoms with Gasteiger partial charge in [-0.1, -0.05) is 6.92 Å². The molecule has 104 valence electrons. The van der Waals surface area contributed by atoms with Crippen molar-refractivity contribution < 1.29 is 9.18 Å². The van der Waals surface area contributed by atoms with E-state index in [0.29, 0.717) is 19.5 Å². The zero-order valence-corrected chi connectivity index (χ0v) is 11.9. The molecule has 0 radical (unpaired) electrons. The molecular weight excluding hydrogens is 268 g/mol. The van der Waals surface area contributed by atoms with Gasteiger partial charge in [0.15, 0.2) is 0 Å². The number of alkyl halides is 1. The monoisotopic (exact) mass is 289 g/mol. The van der Waals surface area contributed by atoms with Gasteiger partial charge < -0.3 is 15.5 Å². The molecule has 7 heteroatoms. The maximum atomic E-state index is 12.8. The predicted molar refractivity (Wildman–Crippen MR) is 72.0 cm³/mol. The molecule has 2 N–H and O–H groups in total. The summed E-state index contributed by atoms with van der Waals surface area (Å²) in [5.74, 6) is -0.0837. The van der Waals surface area contributed by atoms with Gasteiger partial charge in [0.05, 0.1) is 6.04 Å². The van der Waals surface area contributed by atoms with E-state index in [9.17, 15) is 9.18 Å². The molecule has 1 amide bonds. The number of nitrogens with one attached hydrogen (secondary N) is 2. The average Bonchev–Trinajstić information content (AvgIpc) is 2.64. The van der Waals surface area contributed by atoms with Crippen molar-refractivity contribution in [3.05, 3.63) is 0 Å². The molecule has 4 nitrogen and oxygen atoms in total. The summed E-state index contributed by atoms with van der Waals surface area (Å²) >= 11 is 0. The largest absolute Gasteiger partial charge is 0.353 e. The van der Waals surface area contributed by atoms with Crippen LogP contribution in [-0.2, 0) is 4.79 Å². The van der Waals surface area contributed by atoms with Crippen molar-refractivity contribution in [1.29, 1.82) is 0 Å². The quantitative estimate of drug-likeness (QED) is 0.779. The van der Waals surface area contributed by atoms with E-state index in [1.807, 2.05) is 7.05 Å². The molecule has 0 bridgehead atoms. The first-order valence-corrected chi connectivity index (χ1v) is 5.47. The molecule has 0 aromatic heterocycles. The minimum Gasteiger partial charge on any atom is -0.353 e. The molecule has 1 heterocycles. The second-order valence-electron chi connectivity index (χ2n) is 3.98. The van der Waals surface area contributed by atoms with Crippen LogP contribution in [0.1, 0.15) is 13.3 Å². The molecule has 0 spiro atoms. The summed E-state index contributed by atoms with van der Waals surface area (Å²) in [6.45, 7) is 4.78. The van der Waals surface area contributed by atoms with Gasteiger partial charge in [0.2, 0.25) is 5.91 Å². The molecule has 1 aliphatic heterocycles. The van der Waals surface area contributed by atoms with E-state index in [2.05, 4.69) is 22.5 Å². The van der Waals surface area contributed by atoms with Gasteiger partial charge in [-0.3, -0.25) is 4.79 Å². The fourth-order valence-corrected chi connectivity index (χ4v) is 1.54. The number of carbonyl (C=O) groups is 1. The SMILES string of the molecule is CCN(C)CCNC(=O)[C@H]1C[C@H](F)CN1.Cl.Cl. The number of hydrogen-bond acceptors (Lipinski definition) is 3. The van der Waals surface area contributed by atoms with Crippen molar-refractivity contribution in [2.45, 2.75) is 25.6 Å². The van der Waals surface area contributed by atoms with Crippen LogP contribution in [0.3, 0.4) is 0 Å². The zero-order valence-electron chi connectivity index (χ0n) is 10.2. The Hall–Kier alpha value is -0.100. The molecule has 0 aliphatic carbocycles. The van der Waals surface area contributed by atoms with Crippen LogP contribution in [-0.4, -0.2) is 56.2 Å². The van der Waals surface area contributed by atoms with E-state index in [-0.39, 0.29) is 36.8 Å². The number of amides is 1. The standard InChI is InChI=1S/C10H20FN3O.2ClH/c1-3-14(2)5-4-12-10(15)9-6-8(11)7-13-9;;/h8-9,13H,3-7H2,1-2H3,(H,12,15);2*1H/t8-,9+;;/m0../s1. The van der Waals surface area contributed by atoms with Crippen LogP contribution in [0.4, 0.5) is 4.39 Å². The third kappa shape index (κ3) is 7.03. The molecule has 17 heavy (non-hydrogen) atoms. The van der Waals surface area contributed by atoms with Gasteiger partial charge in [0.25, 0.3) is 0 Å². The summed E-state index contributed by atoms with van der Waals surface area (Å²) < 4.78 is 12.8. The van der Waals surface area contributed by atoms with Crippen molar-refractivity contribution in [3.8, 4) is 0 Å². The molecule has 1 aliphatic rings. The highest BCUT2D eigenvalue weighted by Crippen LogP contribution is 2.09. The molecule has 1 rings (SSSR count). The van der Waals surface area contributed by atoms with E-state index in [1.54, 1.807) is 0 Å². The summed E-state index contributed by atoms with van der Waals surface area (Å²) in [5.41, 5.74) is 0. The van der Waals surface area contributed by atoms with Crippen molar-refractivity contribution in [2.75, 3.05) is 33.2 Å². The zero-order chi connectivity index (χ0) is 11.3. The Kier molecular flexibility index (Phi) is 11.2. The highest BCUT2D eigenvalue weighted by Gasteiger charge is 2.28. The Balaban J connectivity index is 0. The second-order valence-corrected chi connectivity index (χ2v) is 3.98. The van der Waals surface area contributed by atoms with Gasteiger partial charge in [0, 0.05) is 26.1 Å². The number of nitrogens with zero attached hydrogens (tertiary/aromatic N) is 1. The summed E-state index contributed by atoms with van der Waals surface area (Å²) in [6, 6.07) is -0.341. The third-order valence-corrected chi connectivity index (χ3v) is 2.73. The first kappa shape index (κ1) is 19.2. The molecule has 0 aromatic rings. The normalized spacial score (nSPS) is 22.8. The van der Waals surface area contributed by atoms with E-state index in [4.69, 9.17) is 0 Å². The molecule has 1 saturated heterocycles. The Morgan fingerprint density at radius 3 is 2.65 bits per heavy atom. The van der Waals surface area contributed by atoms with E-state index >= 15 is 0 Å².